The Bertz CT molecular complexity index is 773. The number of amides is 3. The van der Waals surface area contributed by atoms with Gasteiger partial charge in [-0.2, -0.15) is 0 Å². The van der Waals surface area contributed by atoms with Gasteiger partial charge in [0.2, 0.25) is 5.91 Å². The van der Waals surface area contributed by atoms with Gasteiger partial charge in [0.1, 0.15) is 0 Å². The van der Waals surface area contributed by atoms with E-state index in [0.717, 1.165) is 0 Å². The van der Waals surface area contributed by atoms with E-state index in [-0.39, 0.29) is 36.6 Å². The predicted molar refractivity (Wildman–Crippen MR) is 102 cm³/mol. The van der Waals surface area contributed by atoms with Gasteiger partial charge < -0.3 is 16.0 Å². The molecule has 2 aromatic carbocycles. The number of carbonyl (C=O) groups is 3. The highest BCUT2D eigenvalue weighted by molar-refractivity contribution is 6.02. The van der Waals surface area contributed by atoms with Crippen LogP contribution < -0.4 is 16.0 Å². The minimum atomic E-state index is -0.346. The van der Waals surface area contributed by atoms with E-state index in [4.69, 9.17) is 0 Å². The molecule has 0 bridgehead atoms. The van der Waals surface area contributed by atoms with Crippen LogP contribution in [0.1, 0.15) is 37.0 Å². The zero-order valence-corrected chi connectivity index (χ0v) is 14.9. The molecule has 0 unspecified atom stereocenters. The fourth-order valence-corrected chi connectivity index (χ4v) is 2.33. The van der Waals surface area contributed by atoms with Crippen LogP contribution in [0.15, 0.2) is 54.6 Å². The van der Waals surface area contributed by atoms with Gasteiger partial charge >= 0.3 is 6.03 Å². The number of urea groups is 1. The molecular formula is C20H23N3O3. The summed E-state index contributed by atoms with van der Waals surface area (Å²) in [5.41, 5.74) is 1.57. The molecule has 3 N–H and O–H groups in total. The number of carbonyl (C=O) groups excluding carboxylic acids is 3. The molecule has 0 aromatic heterocycles. The summed E-state index contributed by atoms with van der Waals surface area (Å²) in [5, 5.41) is 8.17. The predicted octanol–water partition coefficient (Wildman–Crippen LogP) is 3.82. The normalized spacial score (nSPS) is 10.3. The monoisotopic (exact) mass is 353 g/mol. The number of anilines is 2. The van der Waals surface area contributed by atoms with Gasteiger partial charge in [-0.15, -0.1) is 0 Å². The van der Waals surface area contributed by atoms with Crippen LogP contribution in [0.5, 0.6) is 0 Å². The molecule has 0 aliphatic heterocycles. The highest BCUT2D eigenvalue weighted by Gasteiger charge is 2.12. The second-order valence-electron chi connectivity index (χ2n) is 6.14. The summed E-state index contributed by atoms with van der Waals surface area (Å²) in [4.78, 5) is 36.1. The summed E-state index contributed by atoms with van der Waals surface area (Å²) in [5.74, 6) is -0.365. The Morgan fingerprint density at radius 3 is 2.00 bits per heavy atom. The average molecular weight is 353 g/mol. The molecule has 2 rings (SSSR count). The molecule has 2 aromatic rings. The quantitative estimate of drug-likeness (QED) is 0.661. The van der Waals surface area contributed by atoms with Crippen molar-refractivity contribution in [3.8, 4) is 0 Å². The minimum absolute atomic E-state index is 0.000697. The van der Waals surface area contributed by atoms with E-state index in [9.17, 15) is 14.4 Å². The molecular weight excluding hydrogens is 330 g/mol. The third-order valence-corrected chi connectivity index (χ3v) is 3.54. The Balaban J connectivity index is 1.92. The number of ketones is 1. The number of para-hydroxylation sites is 2. The van der Waals surface area contributed by atoms with Gasteiger partial charge in [0.15, 0.2) is 5.78 Å². The van der Waals surface area contributed by atoms with Crippen molar-refractivity contribution in [1.82, 2.24) is 5.32 Å². The second kappa shape index (κ2) is 9.36. The first-order valence-corrected chi connectivity index (χ1v) is 8.50. The Labute approximate surface area is 153 Å². The molecule has 0 heterocycles. The lowest BCUT2D eigenvalue weighted by Crippen LogP contribution is -2.34. The molecule has 6 nitrogen and oxygen atoms in total. The summed E-state index contributed by atoms with van der Waals surface area (Å²) >= 11 is 0. The molecule has 0 saturated heterocycles. The van der Waals surface area contributed by atoms with Crippen LogP contribution in [0.2, 0.25) is 0 Å². The summed E-state index contributed by atoms with van der Waals surface area (Å²) in [6.07, 6.45) is 0.194. The number of rotatable bonds is 7. The van der Waals surface area contributed by atoms with Crippen LogP contribution in [0.25, 0.3) is 0 Å². The molecule has 26 heavy (non-hydrogen) atoms. The van der Waals surface area contributed by atoms with Crippen molar-refractivity contribution in [2.75, 3.05) is 10.6 Å². The van der Waals surface area contributed by atoms with Crippen molar-refractivity contribution in [3.63, 3.8) is 0 Å². The van der Waals surface area contributed by atoms with E-state index < -0.39 is 0 Å². The Morgan fingerprint density at radius 2 is 1.38 bits per heavy atom. The van der Waals surface area contributed by atoms with E-state index in [2.05, 4.69) is 16.0 Å². The largest absolute Gasteiger partial charge is 0.336 e. The van der Waals surface area contributed by atoms with Crippen LogP contribution in [-0.4, -0.2) is 23.8 Å². The third kappa shape index (κ3) is 6.05. The average Bonchev–Trinajstić information content (AvgIpc) is 2.61. The number of nitrogens with one attached hydrogen (secondary N) is 3. The maximum Gasteiger partial charge on any atom is 0.319 e. The van der Waals surface area contributed by atoms with Crippen molar-refractivity contribution >= 4 is 29.1 Å². The highest BCUT2D eigenvalue weighted by Crippen LogP contribution is 2.21. The lowest BCUT2D eigenvalue weighted by molar-refractivity contribution is -0.116. The van der Waals surface area contributed by atoms with Crippen molar-refractivity contribution in [1.29, 1.82) is 0 Å². The smallest absolute Gasteiger partial charge is 0.319 e. The summed E-state index contributed by atoms with van der Waals surface area (Å²) < 4.78 is 0. The SMILES string of the molecule is CC(C)NC(=O)Nc1ccccc1NC(=O)CCC(=O)c1ccccc1. The first kappa shape index (κ1) is 19.2. The summed E-state index contributed by atoms with van der Waals surface area (Å²) in [7, 11) is 0. The Kier molecular flexibility index (Phi) is 6.91. The van der Waals surface area contributed by atoms with Gasteiger partial charge in [0, 0.05) is 24.4 Å². The number of hydrogen-bond donors (Lipinski definition) is 3. The zero-order chi connectivity index (χ0) is 18.9. The van der Waals surface area contributed by atoms with Crippen LogP contribution in [-0.2, 0) is 4.79 Å². The maximum absolute atomic E-state index is 12.2. The Morgan fingerprint density at radius 1 is 0.808 bits per heavy atom. The molecule has 136 valence electrons. The lowest BCUT2D eigenvalue weighted by atomic mass is 10.1. The number of benzene rings is 2. The van der Waals surface area contributed by atoms with E-state index in [1.165, 1.54) is 0 Å². The standard InChI is InChI=1S/C20H23N3O3/c1-14(2)21-20(26)23-17-11-7-6-10-16(17)22-19(25)13-12-18(24)15-8-4-3-5-9-15/h3-11,14H,12-13H2,1-2H3,(H,22,25)(H2,21,23,26). The molecule has 0 saturated carbocycles. The van der Waals surface area contributed by atoms with Crippen LogP contribution >= 0.6 is 0 Å². The summed E-state index contributed by atoms with van der Waals surface area (Å²) in [6, 6.07) is 15.4. The van der Waals surface area contributed by atoms with Gasteiger partial charge in [0.25, 0.3) is 0 Å². The molecule has 0 aliphatic carbocycles. The Hall–Kier alpha value is -3.15. The second-order valence-corrected chi connectivity index (χ2v) is 6.14. The zero-order valence-electron chi connectivity index (χ0n) is 14.9. The summed E-state index contributed by atoms with van der Waals surface area (Å²) in [6.45, 7) is 3.72. The molecule has 6 heteroatoms. The van der Waals surface area contributed by atoms with Crippen LogP contribution in [0.3, 0.4) is 0 Å². The molecule has 0 radical (unpaired) electrons. The minimum Gasteiger partial charge on any atom is -0.336 e. The van der Waals surface area contributed by atoms with Gasteiger partial charge in [-0.1, -0.05) is 42.5 Å². The maximum atomic E-state index is 12.2. The van der Waals surface area contributed by atoms with Crippen molar-refractivity contribution in [3.05, 3.63) is 60.2 Å². The molecule has 3 amide bonds. The van der Waals surface area contributed by atoms with Crippen molar-refractivity contribution < 1.29 is 14.4 Å². The topological polar surface area (TPSA) is 87.3 Å². The fraction of sp³-hybridized carbons (Fsp3) is 0.250. The first-order valence-electron chi connectivity index (χ1n) is 8.50. The lowest BCUT2D eigenvalue weighted by Gasteiger charge is -2.14. The van der Waals surface area contributed by atoms with E-state index >= 15 is 0 Å². The van der Waals surface area contributed by atoms with Gasteiger partial charge in [0.05, 0.1) is 11.4 Å². The van der Waals surface area contributed by atoms with Gasteiger partial charge in [-0.05, 0) is 26.0 Å². The van der Waals surface area contributed by atoms with Crippen LogP contribution in [0.4, 0.5) is 16.2 Å². The van der Waals surface area contributed by atoms with Gasteiger partial charge in [-0.3, -0.25) is 9.59 Å². The van der Waals surface area contributed by atoms with E-state index in [1.54, 1.807) is 48.5 Å². The number of hydrogen-bond acceptors (Lipinski definition) is 3. The van der Waals surface area contributed by atoms with Crippen LogP contribution in [0, 0.1) is 0 Å². The molecule has 0 spiro atoms. The third-order valence-electron chi connectivity index (χ3n) is 3.54. The first-order chi connectivity index (χ1) is 12.5. The molecule has 0 atom stereocenters. The van der Waals surface area contributed by atoms with Gasteiger partial charge in [-0.25, -0.2) is 4.79 Å². The highest BCUT2D eigenvalue weighted by atomic mass is 16.2. The molecule has 0 aliphatic rings. The van der Waals surface area contributed by atoms with Crippen molar-refractivity contribution in [2.45, 2.75) is 32.7 Å². The van der Waals surface area contributed by atoms with E-state index in [1.807, 2.05) is 19.9 Å². The van der Waals surface area contributed by atoms with Crippen molar-refractivity contribution in [2.24, 2.45) is 0 Å². The number of Topliss-reactive ketones (excluding diaryl/α,β-unsaturated/α-hetero) is 1. The van der Waals surface area contributed by atoms with E-state index in [0.29, 0.717) is 16.9 Å². The fourth-order valence-electron chi connectivity index (χ4n) is 2.33. The molecule has 0 fully saturated rings.